The van der Waals surface area contributed by atoms with Crippen LogP contribution >= 0.6 is 0 Å². The third-order valence-electron chi connectivity index (χ3n) is 0. The molecule has 0 saturated heterocycles. The van der Waals surface area contributed by atoms with Gasteiger partial charge in [0.2, 0.25) is 0 Å². The fourth-order valence-electron chi connectivity index (χ4n) is 0. The minimum atomic E-state index is -1.92. The molecule has 0 bridgehead atoms. The second-order valence-electron chi connectivity index (χ2n) is 1.31. The molecule has 0 aromatic carbocycles. The van der Waals surface area contributed by atoms with Gasteiger partial charge in [-0.2, -0.15) is 0 Å². The summed E-state index contributed by atoms with van der Waals surface area (Å²) in [6.07, 6.45) is 2.99. The van der Waals surface area contributed by atoms with Crippen molar-refractivity contribution in [3.8, 4) is 0 Å². The van der Waals surface area contributed by atoms with Crippen molar-refractivity contribution in [3.05, 3.63) is 0 Å². The molecule has 29 valence electrons. The molecule has 1 nitrogen and oxygen atoms in total. The van der Waals surface area contributed by atoms with Crippen LogP contribution in [0.1, 0.15) is 0 Å². The first-order valence-corrected chi connectivity index (χ1v) is 3.66. The zero-order valence-corrected chi connectivity index (χ0v) is 4.21. The quantitative estimate of drug-likeness (QED) is 0.369. The van der Waals surface area contributed by atoms with E-state index in [4.69, 9.17) is 6.72 Å². The zero-order chi connectivity index (χ0) is 4.50. The van der Waals surface area contributed by atoms with Crippen LogP contribution < -0.4 is 0 Å². The molecular formula is C2H6BOS. The molecule has 0 rings (SSSR count). The van der Waals surface area contributed by atoms with Gasteiger partial charge in [0.15, 0.2) is 0 Å². The van der Waals surface area contributed by atoms with E-state index < -0.39 is 9.36 Å². The summed E-state index contributed by atoms with van der Waals surface area (Å²) in [5, 5.41) is 0. The number of hydrogen-bond acceptors (Lipinski definition) is 1. The fraction of sp³-hybridized carbons (Fsp3) is 1.00. The van der Waals surface area contributed by atoms with Crippen LogP contribution in [0.25, 0.3) is 0 Å². The normalized spacial score (nSPS) is 11.4. The molecule has 0 spiro atoms. The summed E-state index contributed by atoms with van der Waals surface area (Å²) in [6, 6.07) is 0. The summed E-state index contributed by atoms with van der Waals surface area (Å²) >= 11 is 0. The van der Waals surface area contributed by atoms with E-state index in [0.29, 0.717) is 0 Å². The van der Waals surface area contributed by atoms with Gasteiger partial charge in [-0.05, 0) is 0 Å². The van der Waals surface area contributed by atoms with Gasteiger partial charge in [0.1, 0.15) is 0 Å². The molecule has 0 N–H and O–H groups in total. The molecule has 0 aliphatic rings. The number of rotatable bonds is 0. The monoisotopic (exact) mass is 89.0 g/mol. The Labute approximate surface area is 33.7 Å². The van der Waals surface area contributed by atoms with Gasteiger partial charge in [-0.3, -0.25) is 0 Å². The van der Waals surface area contributed by atoms with Crippen molar-refractivity contribution < 1.29 is 4.21 Å². The Kier molecular flexibility index (Phi) is 1.18. The first-order chi connectivity index (χ1) is 2.00. The third-order valence-corrected chi connectivity index (χ3v) is 0. The van der Waals surface area contributed by atoms with E-state index in [9.17, 15) is 4.21 Å². The molecule has 5 heavy (non-hydrogen) atoms. The molecule has 0 heterocycles. The molecule has 0 aliphatic heterocycles. The average molecular weight is 88.9 g/mol. The number of hydrogen-bond donors (Lipinski definition) is 0. The molecule has 0 aliphatic carbocycles. The van der Waals surface area contributed by atoms with Crippen molar-refractivity contribution >= 4 is 16.1 Å². The van der Waals surface area contributed by atoms with Crippen LogP contribution in [0.5, 0.6) is 0 Å². The van der Waals surface area contributed by atoms with Crippen LogP contribution in [0.3, 0.4) is 0 Å². The van der Waals surface area contributed by atoms with E-state index in [1.54, 1.807) is 0 Å². The maximum absolute atomic E-state index is 9.97. The van der Waals surface area contributed by atoms with Crippen molar-refractivity contribution in [1.29, 1.82) is 0 Å². The van der Waals surface area contributed by atoms with Gasteiger partial charge in [-0.15, -0.1) is 0 Å². The van der Waals surface area contributed by atoms with Crippen molar-refractivity contribution in [2.45, 2.75) is 0 Å². The summed E-state index contributed by atoms with van der Waals surface area (Å²) in [4.78, 5) is 0. The van der Waals surface area contributed by atoms with Crippen LogP contribution in [0.15, 0.2) is 0 Å². The van der Waals surface area contributed by atoms with Gasteiger partial charge < -0.3 is 0 Å². The topological polar surface area (TPSA) is 17.1 Å². The van der Waals surface area contributed by atoms with Crippen LogP contribution in [0.2, 0.25) is 0 Å². The Balaban J connectivity index is 4.06. The summed E-state index contributed by atoms with van der Waals surface area (Å²) in [6.45, 7) is 4.88. The van der Waals surface area contributed by atoms with Crippen LogP contribution in [-0.2, 0) is 9.36 Å². The molecule has 0 aromatic heterocycles. The van der Waals surface area contributed by atoms with Crippen LogP contribution in [-0.4, -0.2) is 23.4 Å². The van der Waals surface area contributed by atoms with Gasteiger partial charge in [0.05, 0.1) is 0 Å². The second-order valence-corrected chi connectivity index (χ2v) is 3.93. The van der Waals surface area contributed by atoms with Gasteiger partial charge in [0.25, 0.3) is 0 Å². The van der Waals surface area contributed by atoms with Crippen molar-refractivity contribution in [1.82, 2.24) is 0 Å². The maximum atomic E-state index is 9.97. The first kappa shape index (κ1) is 5.21. The summed E-state index contributed by atoms with van der Waals surface area (Å²) in [7, 11) is -1.92. The molecule has 0 amide bonds. The van der Waals surface area contributed by atoms with E-state index in [2.05, 4.69) is 0 Å². The Morgan fingerprint density at radius 3 is 1.60 bits per heavy atom. The molecule has 0 atom stereocenters. The minimum absolute atomic E-state index is 1.49. The average Bonchev–Trinajstić information content (AvgIpc) is 0.722. The van der Waals surface area contributed by atoms with E-state index in [-0.39, 0.29) is 0 Å². The van der Waals surface area contributed by atoms with Gasteiger partial charge in [-0.1, -0.05) is 0 Å². The van der Waals surface area contributed by atoms with E-state index in [1.165, 1.54) is 12.5 Å². The van der Waals surface area contributed by atoms with Crippen molar-refractivity contribution in [3.63, 3.8) is 0 Å². The molecule has 0 aromatic rings. The molecule has 3 heteroatoms. The second kappa shape index (κ2) is 1.13. The van der Waals surface area contributed by atoms with Gasteiger partial charge in [0, 0.05) is 0 Å². The Morgan fingerprint density at radius 2 is 1.60 bits per heavy atom. The zero-order valence-electron chi connectivity index (χ0n) is 3.39. The van der Waals surface area contributed by atoms with E-state index in [1.807, 2.05) is 0 Å². The standard InChI is InChI=1S/C2H6BOS/c1-5(2,3)4/h1-2H3. The molecule has 1 radical (unpaired) electrons. The van der Waals surface area contributed by atoms with Gasteiger partial charge in [-0.25, -0.2) is 0 Å². The molecular weight excluding hydrogens is 82.9 g/mol. The fourth-order valence-corrected chi connectivity index (χ4v) is 0. The molecule has 0 unspecified atom stereocenters. The van der Waals surface area contributed by atoms with Crippen LogP contribution in [0, 0.1) is 0 Å². The van der Waals surface area contributed by atoms with Crippen molar-refractivity contribution in [2.75, 3.05) is 12.5 Å². The Hall–Kier alpha value is 0.215. The van der Waals surface area contributed by atoms with E-state index in [0.717, 1.165) is 0 Å². The predicted molar refractivity (Wildman–Crippen MR) is 25.7 cm³/mol. The first-order valence-electron chi connectivity index (χ1n) is 1.22. The molecule has 0 saturated carbocycles. The Bertz CT molecular complexity index is 92.8. The SMILES string of the molecule is [B]=S(C)(C)=O. The molecule has 0 fully saturated rings. The van der Waals surface area contributed by atoms with Gasteiger partial charge >= 0.3 is 32.8 Å². The Morgan fingerprint density at radius 1 is 1.60 bits per heavy atom. The van der Waals surface area contributed by atoms with Crippen LogP contribution in [0.4, 0.5) is 0 Å². The summed E-state index contributed by atoms with van der Waals surface area (Å²) in [5.41, 5.74) is 0. The summed E-state index contributed by atoms with van der Waals surface area (Å²) in [5.74, 6) is 0. The van der Waals surface area contributed by atoms with Crippen molar-refractivity contribution in [2.24, 2.45) is 0 Å². The van der Waals surface area contributed by atoms with E-state index >= 15 is 0 Å². The predicted octanol–water partition coefficient (Wildman–Crippen LogP) is -0.386. The summed E-state index contributed by atoms with van der Waals surface area (Å²) < 4.78 is 9.97. The third kappa shape index (κ3) is 448.